The minimum Gasteiger partial charge on any atom is -0.454 e. The molecule has 5 rings (SSSR count). The van der Waals surface area contributed by atoms with Gasteiger partial charge in [-0.2, -0.15) is 0 Å². The topological polar surface area (TPSA) is 67.8 Å². The van der Waals surface area contributed by atoms with Gasteiger partial charge in [-0.3, -0.25) is 4.79 Å². The number of amides is 1. The molecule has 3 aromatic rings. The lowest BCUT2D eigenvalue weighted by Gasteiger charge is -2.35. The molecule has 8 heteroatoms. The number of carbonyl (C=O) groups is 1. The van der Waals surface area contributed by atoms with Gasteiger partial charge in [0.2, 0.25) is 12.7 Å². The van der Waals surface area contributed by atoms with Crippen molar-refractivity contribution >= 4 is 23.5 Å². The van der Waals surface area contributed by atoms with Crippen molar-refractivity contribution in [2.45, 2.75) is 5.75 Å². The Morgan fingerprint density at radius 3 is 2.50 bits per heavy atom. The van der Waals surface area contributed by atoms with Crippen LogP contribution >= 0.6 is 11.8 Å². The van der Waals surface area contributed by atoms with Gasteiger partial charge in [0, 0.05) is 37.5 Å². The van der Waals surface area contributed by atoms with E-state index in [2.05, 4.69) is 27.2 Å². The first kappa shape index (κ1) is 20.6. The predicted octanol–water partition coefficient (Wildman–Crippen LogP) is 3.45. The van der Waals surface area contributed by atoms with Gasteiger partial charge in [0.15, 0.2) is 17.3 Å². The van der Waals surface area contributed by atoms with E-state index < -0.39 is 0 Å². The maximum Gasteiger partial charge on any atom is 0.232 e. The van der Waals surface area contributed by atoms with Crippen LogP contribution in [0.5, 0.6) is 11.5 Å². The summed E-state index contributed by atoms with van der Waals surface area (Å²) in [5, 5.41) is 8.82. The summed E-state index contributed by atoms with van der Waals surface area (Å²) in [5.41, 5.74) is 2.98. The molecule has 0 bridgehead atoms. The van der Waals surface area contributed by atoms with E-state index in [1.807, 2.05) is 53.4 Å². The monoisotopic (exact) mass is 448 g/mol. The van der Waals surface area contributed by atoms with Crippen molar-refractivity contribution in [2.75, 3.05) is 43.6 Å². The quantitative estimate of drug-likeness (QED) is 0.572. The highest BCUT2D eigenvalue weighted by Crippen LogP contribution is 2.35. The third kappa shape index (κ3) is 4.65. The smallest absolute Gasteiger partial charge is 0.232 e. The first-order valence-electron chi connectivity index (χ1n) is 10.6. The van der Waals surface area contributed by atoms with E-state index in [-0.39, 0.29) is 12.7 Å². The van der Waals surface area contributed by atoms with Crippen LogP contribution in [-0.2, 0) is 10.5 Å². The molecule has 0 N–H and O–H groups in total. The maximum absolute atomic E-state index is 12.6. The SMILES string of the molecule is O=C(CSCc1ccccc1)N1CCN(c2ccc(-c3ccc4c(c3)OCO4)nn2)CC1. The Hall–Kier alpha value is -3.26. The van der Waals surface area contributed by atoms with E-state index in [4.69, 9.17) is 9.47 Å². The van der Waals surface area contributed by atoms with Crippen molar-refractivity contribution in [1.29, 1.82) is 0 Å². The lowest BCUT2D eigenvalue weighted by Crippen LogP contribution is -2.49. The Labute approximate surface area is 191 Å². The summed E-state index contributed by atoms with van der Waals surface area (Å²) in [6, 6.07) is 20.0. The van der Waals surface area contributed by atoms with Crippen molar-refractivity contribution in [1.82, 2.24) is 15.1 Å². The van der Waals surface area contributed by atoms with Gasteiger partial charge >= 0.3 is 0 Å². The molecule has 3 heterocycles. The number of aromatic nitrogens is 2. The standard InChI is InChI=1S/C24H24N4O3S/c29-24(16-32-15-18-4-2-1-3-5-18)28-12-10-27(11-13-28)23-9-7-20(25-26-23)19-6-8-21-22(14-19)31-17-30-21/h1-9,14H,10-13,15-17H2. The molecule has 2 aliphatic heterocycles. The fraction of sp³-hybridized carbons (Fsp3) is 0.292. The van der Waals surface area contributed by atoms with E-state index in [0.29, 0.717) is 18.8 Å². The number of fused-ring (bicyclic) bond motifs is 1. The van der Waals surface area contributed by atoms with Crippen molar-refractivity contribution in [3.63, 3.8) is 0 Å². The van der Waals surface area contributed by atoms with Gasteiger partial charge < -0.3 is 19.3 Å². The Balaban J connectivity index is 1.12. The number of carbonyl (C=O) groups excluding carboxylic acids is 1. The van der Waals surface area contributed by atoms with Crippen LogP contribution in [0.25, 0.3) is 11.3 Å². The molecule has 2 aliphatic rings. The minimum absolute atomic E-state index is 0.204. The van der Waals surface area contributed by atoms with Crippen molar-refractivity contribution in [2.24, 2.45) is 0 Å². The van der Waals surface area contributed by atoms with E-state index in [0.717, 1.165) is 47.4 Å². The summed E-state index contributed by atoms with van der Waals surface area (Å²) in [4.78, 5) is 16.7. The summed E-state index contributed by atoms with van der Waals surface area (Å²) < 4.78 is 10.8. The third-order valence-electron chi connectivity index (χ3n) is 5.61. The van der Waals surface area contributed by atoms with E-state index >= 15 is 0 Å². The van der Waals surface area contributed by atoms with Crippen molar-refractivity contribution < 1.29 is 14.3 Å². The van der Waals surface area contributed by atoms with Gasteiger partial charge in [-0.25, -0.2) is 0 Å². The second-order valence-corrected chi connectivity index (χ2v) is 8.68. The minimum atomic E-state index is 0.204. The van der Waals surface area contributed by atoms with Crippen LogP contribution in [-0.4, -0.2) is 59.7 Å². The average Bonchev–Trinajstić information content (AvgIpc) is 3.33. The van der Waals surface area contributed by atoms with E-state index in [1.165, 1.54) is 5.56 Å². The third-order valence-corrected chi connectivity index (χ3v) is 6.60. The molecule has 1 saturated heterocycles. The maximum atomic E-state index is 12.6. The van der Waals surface area contributed by atoms with Crippen LogP contribution in [0, 0.1) is 0 Å². The number of benzene rings is 2. The first-order valence-corrected chi connectivity index (χ1v) is 11.8. The number of rotatable bonds is 6. The number of nitrogens with zero attached hydrogens (tertiary/aromatic N) is 4. The van der Waals surface area contributed by atoms with E-state index in [1.54, 1.807) is 11.8 Å². The predicted molar refractivity (Wildman–Crippen MR) is 125 cm³/mol. The highest BCUT2D eigenvalue weighted by atomic mass is 32.2. The number of ether oxygens (including phenoxy) is 2. The molecule has 1 fully saturated rings. The highest BCUT2D eigenvalue weighted by Gasteiger charge is 2.22. The highest BCUT2D eigenvalue weighted by molar-refractivity contribution is 7.99. The summed E-state index contributed by atoms with van der Waals surface area (Å²) in [7, 11) is 0. The molecular formula is C24H24N4O3S. The zero-order valence-electron chi connectivity index (χ0n) is 17.6. The largest absolute Gasteiger partial charge is 0.454 e. The summed E-state index contributed by atoms with van der Waals surface area (Å²) in [6.45, 7) is 3.18. The molecule has 0 unspecified atom stereocenters. The zero-order valence-corrected chi connectivity index (χ0v) is 18.5. The molecule has 0 spiro atoms. The number of piperazine rings is 1. The molecule has 1 aromatic heterocycles. The van der Waals surface area contributed by atoms with Gasteiger partial charge in [-0.15, -0.1) is 22.0 Å². The molecule has 2 aromatic carbocycles. The molecule has 0 atom stereocenters. The van der Waals surface area contributed by atoms with Crippen molar-refractivity contribution in [3.05, 3.63) is 66.2 Å². The first-order chi connectivity index (χ1) is 15.8. The van der Waals surface area contributed by atoms with Gasteiger partial charge in [0.25, 0.3) is 0 Å². The number of hydrogen-bond donors (Lipinski definition) is 0. The molecular weight excluding hydrogens is 424 g/mol. The van der Waals surface area contributed by atoms with Crippen LogP contribution in [0.1, 0.15) is 5.56 Å². The van der Waals surface area contributed by atoms with Crippen LogP contribution < -0.4 is 14.4 Å². The molecule has 1 amide bonds. The van der Waals surface area contributed by atoms with Gasteiger partial charge in [0.05, 0.1) is 11.4 Å². The van der Waals surface area contributed by atoms with Gasteiger partial charge in [-0.05, 0) is 35.9 Å². The fourth-order valence-corrected chi connectivity index (χ4v) is 4.70. The van der Waals surface area contributed by atoms with Crippen LogP contribution in [0.3, 0.4) is 0 Å². The molecule has 164 valence electrons. The summed E-state index contributed by atoms with van der Waals surface area (Å²) >= 11 is 1.67. The Bertz CT molecular complexity index is 1070. The van der Waals surface area contributed by atoms with Crippen LogP contribution in [0.15, 0.2) is 60.7 Å². The number of hydrogen-bond acceptors (Lipinski definition) is 7. The van der Waals surface area contributed by atoms with Crippen LogP contribution in [0.2, 0.25) is 0 Å². The molecule has 32 heavy (non-hydrogen) atoms. The zero-order chi connectivity index (χ0) is 21.8. The number of anilines is 1. The summed E-state index contributed by atoms with van der Waals surface area (Å²) in [5.74, 6) is 3.90. The van der Waals surface area contributed by atoms with Crippen LogP contribution in [0.4, 0.5) is 5.82 Å². The molecule has 7 nitrogen and oxygen atoms in total. The normalized spacial score (nSPS) is 15.1. The molecule has 0 aliphatic carbocycles. The lowest BCUT2D eigenvalue weighted by atomic mass is 10.1. The molecule has 0 saturated carbocycles. The Morgan fingerprint density at radius 1 is 0.906 bits per heavy atom. The molecule has 0 radical (unpaired) electrons. The Kier molecular flexibility index (Phi) is 6.11. The summed E-state index contributed by atoms with van der Waals surface area (Å²) in [6.07, 6.45) is 0. The van der Waals surface area contributed by atoms with Crippen molar-refractivity contribution in [3.8, 4) is 22.8 Å². The second-order valence-electron chi connectivity index (χ2n) is 7.69. The van der Waals surface area contributed by atoms with Gasteiger partial charge in [0.1, 0.15) is 0 Å². The van der Waals surface area contributed by atoms with Gasteiger partial charge in [-0.1, -0.05) is 30.3 Å². The second kappa shape index (κ2) is 9.48. The lowest BCUT2D eigenvalue weighted by molar-refractivity contribution is -0.128. The van der Waals surface area contributed by atoms with E-state index in [9.17, 15) is 4.79 Å². The Morgan fingerprint density at radius 2 is 1.72 bits per heavy atom. The number of thioether (sulfide) groups is 1. The average molecular weight is 449 g/mol. The fourth-order valence-electron chi connectivity index (χ4n) is 3.81.